The molecule has 2 heterocycles. The second kappa shape index (κ2) is 8.90. The third kappa shape index (κ3) is 5.11. The van der Waals surface area contributed by atoms with Crippen molar-refractivity contribution in [1.82, 2.24) is 14.8 Å². The van der Waals surface area contributed by atoms with Gasteiger partial charge in [-0.05, 0) is 25.8 Å². The number of aliphatic hydroxyl groups is 1. The number of piperazine rings is 1. The molecule has 1 aromatic carbocycles. The van der Waals surface area contributed by atoms with Crippen molar-refractivity contribution in [2.45, 2.75) is 45.3 Å². The lowest BCUT2D eigenvalue weighted by molar-refractivity contribution is 0.0234. The van der Waals surface area contributed by atoms with E-state index in [4.69, 9.17) is 4.98 Å². The average Bonchev–Trinajstić information content (AvgIpc) is 3.05. The van der Waals surface area contributed by atoms with Gasteiger partial charge in [0.2, 0.25) is 0 Å². The Morgan fingerprint density at radius 1 is 1.12 bits per heavy atom. The van der Waals surface area contributed by atoms with Gasteiger partial charge in [0.15, 0.2) is 0 Å². The summed E-state index contributed by atoms with van der Waals surface area (Å²) in [5.74, 6) is 0. The molecule has 136 valence electrons. The molecule has 0 spiro atoms. The summed E-state index contributed by atoms with van der Waals surface area (Å²) in [6, 6.07) is 11.6. The molecule has 5 heteroatoms. The fraction of sp³-hybridized carbons (Fsp3) is 0.550. The molecular formula is C20H29N3OS. The molecule has 0 saturated carbocycles. The maximum atomic E-state index is 9.23. The molecule has 0 amide bonds. The van der Waals surface area contributed by atoms with Crippen LogP contribution in [-0.4, -0.2) is 58.2 Å². The monoisotopic (exact) mass is 359 g/mol. The second-order valence-corrected chi connectivity index (χ2v) is 8.01. The van der Waals surface area contributed by atoms with Gasteiger partial charge in [0, 0.05) is 50.1 Å². The number of aromatic nitrogens is 1. The Hall–Kier alpha value is -1.27. The Labute approximate surface area is 155 Å². The van der Waals surface area contributed by atoms with Crippen LogP contribution in [0.2, 0.25) is 0 Å². The van der Waals surface area contributed by atoms with Crippen LogP contribution < -0.4 is 0 Å². The van der Waals surface area contributed by atoms with Crippen molar-refractivity contribution in [3.63, 3.8) is 0 Å². The van der Waals surface area contributed by atoms with Gasteiger partial charge in [-0.3, -0.25) is 9.80 Å². The van der Waals surface area contributed by atoms with E-state index in [-0.39, 0.29) is 6.61 Å². The Bertz CT molecular complexity index is 633. The third-order valence-corrected chi connectivity index (χ3v) is 5.95. The highest BCUT2D eigenvalue weighted by Gasteiger charge is 2.29. The summed E-state index contributed by atoms with van der Waals surface area (Å²) in [4.78, 5) is 9.75. The summed E-state index contributed by atoms with van der Waals surface area (Å²) in [6.45, 7) is 8.54. The molecule has 1 aliphatic rings. The molecule has 0 unspecified atom stereocenters. The highest BCUT2D eigenvalue weighted by molar-refractivity contribution is 7.09. The Kier molecular flexibility index (Phi) is 6.59. The van der Waals surface area contributed by atoms with Gasteiger partial charge >= 0.3 is 0 Å². The van der Waals surface area contributed by atoms with E-state index >= 15 is 0 Å². The number of hydrogen-bond donors (Lipinski definition) is 1. The normalized spacial score (nSPS) is 22.4. The number of aryl methyl sites for hydroxylation is 2. The number of hydrogen-bond acceptors (Lipinski definition) is 5. The minimum absolute atomic E-state index is 0.242. The molecule has 1 N–H and O–H groups in total. The quantitative estimate of drug-likeness (QED) is 0.825. The van der Waals surface area contributed by atoms with Gasteiger partial charge in [0.25, 0.3) is 0 Å². The minimum Gasteiger partial charge on any atom is -0.395 e. The van der Waals surface area contributed by atoms with Crippen molar-refractivity contribution in [3.05, 3.63) is 52.0 Å². The molecule has 3 rings (SSSR count). The largest absolute Gasteiger partial charge is 0.395 e. The molecule has 1 fully saturated rings. The van der Waals surface area contributed by atoms with E-state index in [0.29, 0.717) is 12.1 Å². The molecule has 4 nitrogen and oxygen atoms in total. The van der Waals surface area contributed by atoms with Crippen molar-refractivity contribution in [2.75, 3.05) is 26.2 Å². The summed E-state index contributed by atoms with van der Waals surface area (Å²) in [5.41, 5.74) is 2.57. The van der Waals surface area contributed by atoms with Crippen LogP contribution in [0.3, 0.4) is 0 Å². The van der Waals surface area contributed by atoms with Crippen LogP contribution in [0.1, 0.15) is 30.1 Å². The predicted octanol–water partition coefficient (Wildman–Crippen LogP) is 2.82. The van der Waals surface area contributed by atoms with Gasteiger partial charge in [-0.15, -0.1) is 11.3 Å². The number of benzene rings is 1. The van der Waals surface area contributed by atoms with Crippen molar-refractivity contribution in [1.29, 1.82) is 0 Å². The molecule has 0 radical (unpaired) electrons. The van der Waals surface area contributed by atoms with Crippen molar-refractivity contribution < 1.29 is 5.11 Å². The molecule has 25 heavy (non-hydrogen) atoms. The number of nitrogens with zero attached hydrogens (tertiary/aromatic N) is 3. The van der Waals surface area contributed by atoms with E-state index in [1.807, 2.05) is 0 Å². The number of aliphatic hydroxyl groups excluding tert-OH is 1. The van der Waals surface area contributed by atoms with Crippen molar-refractivity contribution in [2.24, 2.45) is 0 Å². The smallest absolute Gasteiger partial charge is 0.0932 e. The lowest BCUT2D eigenvalue weighted by Crippen LogP contribution is -2.56. The van der Waals surface area contributed by atoms with Crippen molar-refractivity contribution in [3.8, 4) is 0 Å². The summed E-state index contributed by atoms with van der Waals surface area (Å²) in [6.07, 6.45) is 2.08. The maximum absolute atomic E-state index is 9.23. The first-order chi connectivity index (χ1) is 12.2. The fourth-order valence-electron chi connectivity index (χ4n) is 3.81. The Morgan fingerprint density at radius 2 is 1.84 bits per heavy atom. The standard InChI is InChI=1S/C20H29N3OS/c1-16-12-22(13-17(2)23(16)10-11-24)14-19-15-25-20(21-19)9-8-18-6-4-3-5-7-18/h3-7,15-17,24H,8-14H2,1-2H3/t16-,17+. The molecule has 1 aliphatic heterocycles. The maximum Gasteiger partial charge on any atom is 0.0932 e. The van der Waals surface area contributed by atoms with E-state index in [9.17, 15) is 5.11 Å². The fourth-order valence-corrected chi connectivity index (χ4v) is 4.60. The first kappa shape index (κ1) is 18.5. The predicted molar refractivity (Wildman–Crippen MR) is 104 cm³/mol. The van der Waals surface area contributed by atoms with Gasteiger partial charge in [0.05, 0.1) is 17.3 Å². The SMILES string of the molecule is C[C@@H]1CN(Cc2csc(CCc3ccccc3)n2)C[C@H](C)N1CCO. The molecular weight excluding hydrogens is 330 g/mol. The van der Waals surface area contributed by atoms with Crippen LogP contribution in [0.15, 0.2) is 35.7 Å². The van der Waals surface area contributed by atoms with E-state index in [1.54, 1.807) is 11.3 Å². The third-order valence-electron chi connectivity index (χ3n) is 4.99. The Morgan fingerprint density at radius 3 is 2.52 bits per heavy atom. The molecule has 0 aliphatic carbocycles. The molecule has 2 aromatic rings. The second-order valence-electron chi connectivity index (χ2n) is 7.07. The van der Waals surface area contributed by atoms with E-state index in [2.05, 4.69) is 59.4 Å². The van der Waals surface area contributed by atoms with E-state index in [0.717, 1.165) is 39.0 Å². The lowest BCUT2D eigenvalue weighted by Gasteiger charge is -2.44. The zero-order valence-corrected chi connectivity index (χ0v) is 16.1. The van der Waals surface area contributed by atoms with Gasteiger partial charge in [-0.25, -0.2) is 4.98 Å². The van der Waals surface area contributed by atoms with Gasteiger partial charge < -0.3 is 5.11 Å². The Balaban J connectivity index is 1.51. The molecule has 2 atom stereocenters. The van der Waals surface area contributed by atoms with Gasteiger partial charge in [-0.2, -0.15) is 0 Å². The molecule has 1 aromatic heterocycles. The number of thiazole rings is 1. The summed E-state index contributed by atoms with van der Waals surface area (Å²) < 4.78 is 0. The highest BCUT2D eigenvalue weighted by Crippen LogP contribution is 2.19. The zero-order valence-electron chi connectivity index (χ0n) is 15.3. The van der Waals surface area contributed by atoms with Crippen LogP contribution in [0.4, 0.5) is 0 Å². The average molecular weight is 360 g/mol. The topological polar surface area (TPSA) is 39.6 Å². The number of β-amino-alcohol motifs (C(OH)–C–C–N with tert-alkyl or cyclic N) is 1. The minimum atomic E-state index is 0.242. The summed E-state index contributed by atoms with van der Waals surface area (Å²) in [7, 11) is 0. The van der Waals surface area contributed by atoms with Crippen LogP contribution in [0, 0.1) is 0 Å². The first-order valence-electron chi connectivity index (χ1n) is 9.22. The number of rotatable bonds is 7. The van der Waals surface area contributed by atoms with Crippen LogP contribution in [-0.2, 0) is 19.4 Å². The van der Waals surface area contributed by atoms with Crippen molar-refractivity contribution >= 4 is 11.3 Å². The first-order valence-corrected chi connectivity index (χ1v) is 10.1. The van der Waals surface area contributed by atoms with Gasteiger partial charge in [-0.1, -0.05) is 30.3 Å². The van der Waals surface area contributed by atoms with Crippen LogP contribution in [0.5, 0.6) is 0 Å². The zero-order chi connectivity index (χ0) is 17.6. The summed E-state index contributed by atoms with van der Waals surface area (Å²) in [5, 5.41) is 12.7. The van der Waals surface area contributed by atoms with E-state index < -0.39 is 0 Å². The van der Waals surface area contributed by atoms with Crippen LogP contribution >= 0.6 is 11.3 Å². The highest BCUT2D eigenvalue weighted by atomic mass is 32.1. The van der Waals surface area contributed by atoms with Gasteiger partial charge in [0.1, 0.15) is 0 Å². The summed E-state index contributed by atoms with van der Waals surface area (Å²) >= 11 is 1.79. The van der Waals surface area contributed by atoms with E-state index in [1.165, 1.54) is 16.3 Å². The lowest BCUT2D eigenvalue weighted by atomic mass is 10.1. The van der Waals surface area contributed by atoms with Crippen LogP contribution in [0.25, 0.3) is 0 Å². The molecule has 0 bridgehead atoms. The molecule has 1 saturated heterocycles.